The van der Waals surface area contributed by atoms with Crippen molar-refractivity contribution < 1.29 is 23.9 Å². The number of nitrogens with one attached hydrogen (secondary N) is 1. The fourth-order valence-corrected chi connectivity index (χ4v) is 3.52. The molecule has 4 rings (SSSR count). The summed E-state index contributed by atoms with van der Waals surface area (Å²) in [6.45, 7) is 3.78. The van der Waals surface area contributed by atoms with Gasteiger partial charge in [-0.2, -0.15) is 0 Å². The van der Waals surface area contributed by atoms with E-state index in [-0.39, 0.29) is 5.92 Å². The highest BCUT2D eigenvalue weighted by atomic mass is 16.5. The van der Waals surface area contributed by atoms with Crippen molar-refractivity contribution in [2.24, 2.45) is 5.92 Å². The fourth-order valence-electron chi connectivity index (χ4n) is 3.52. The van der Waals surface area contributed by atoms with Crippen molar-refractivity contribution in [2.75, 3.05) is 18.5 Å². The Balaban J connectivity index is 1.41. The lowest BCUT2D eigenvalue weighted by Crippen LogP contribution is -2.21. The number of esters is 2. The molecule has 1 amide bonds. The second kappa shape index (κ2) is 11.3. The molecule has 7 nitrogen and oxygen atoms in total. The third-order valence-corrected chi connectivity index (χ3v) is 5.29. The number of pyridine rings is 1. The van der Waals surface area contributed by atoms with Crippen LogP contribution in [0.25, 0.3) is 22.2 Å². The summed E-state index contributed by atoms with van der Waals surface area (Å²) < 4.78 is 10.5. The number of carbonyl (C=O) groups excluding carboxylic acids is 3. The Hall–Kier alpha value is -4.52. The van der Waals surface area contributed by atoms with Crippen LogP contribution >= 0.6 is 0 Å². The van der Waals surface area contributed by atoms with Crippen molar-refractivity contribution in [3.8, 4) is 11.3 Å². The van der Waals surface area contributed by atoms with Crippen LogP contribution in [0.2, 0.25) is 0 Å². The van der Waals surface area contributed by atoms with E-state index in [0.29, 0.717) is 40.0 Å². The molecule has 1 heterocycles. The second-order valence-corrected chi connectivity index (χ2v) is 8.63. The average Bonchev–Trinajstić information content (AvgIpc) is 2.90. The summed E-state index contributed by atoms with van der Waals surface area (Å²) in [6, 6.07) is 24.8. The van der Waals surface area contributed by atoms with Crippen LogP contribution in [0.4, 0.5) is 5.69 Å². The predicted octanol–water partition coefficient (Wildman–Crippen LogP) is 5.51. The molecule has 0 aliphatic heterocycles. The molecule has 0 aliphatic rings. The molecule has 7 heteroatoms. The maximum atomic E-state index is 12.9. The molecule has 0 saturated carbocycles. The molecule has 1 N–H and O–H groups in total. The van der Waals surface area contributed by atoms with Gasteiger partial charge in [0.15, 0.2) is 6.61 Å². The molecule has 0 spiro atoms. The zero-order valence-corrected chi connectivity index (χ0v) is 20.1. The van der Waals surface area contributed by atoms with Gasteiger partial charge in [-0.15, -0.1) is 0 Å². The second-order valence-electron chi connectivity index (χ2n) is 8.63. The summed E-state index contributed by atoms with van der Waals surface area (Å²) in [5, 5.41) is 3.30. The number of benzene rings is 3. The van der Waals surface area contributed by atoms with Crippen molar-refractivity contribution >= 4 is 34.4 Å². The fraction of sp³-hybridized carbons (Fsp3) is 0.172. The van der Waals surface area contributed by atoms with Crippen LogP contribution in [0.5, 0.6) is 0 Å². The number of rotatable bonds is 8. The first kappa shape index (κ1) is 24.6. The maximum absolute atomic E-state index is 12.9. The number of anilines is 1. The quantitative estimate of drug-likeness (QED) is 0.333. The zero-order chi connectivity index (χ0) is 25.5. The van der Waals surface area contributed by atoms with Crippen LogP contribution in [-0.2, 0) is 14.3 Å². The molecule has 0 saturated heterocycles. The van der Waals surface area contributed by atoms with E-state index in [4.69, 9.17) is 9.47 Å². The molecule has 182 valence electrons. The highest BCUT2D eigenvalue weighted by molar-refractivity contribution is 6.05. The van der Waals surface area contributed by atoms with Crippen molar-refractivity contribution in [2.45, 2.75) is 13.8 Å². The van der Waals surface area contributed by atoms with Crippen molar-refractivity contribution in [3.63, 3.8) is 0 Å². The number of hydrogen-bond acceptors (Lipinski definition) is 6. The van der Waals surface area contributed by atoms with Gasteiger partial charge in [0.1, 0.15) is 0 Å². The molecular formula is C29H26N2O5. The molecule has 0 aliphatic carbocycles. The van der Waals surface area contributed by atoms with E-state index in [1.54, 1.807) is 36.4 Å². The first-order valence-corrected chi connectivity index (χ1v) is 11.6. The van der Waals surface area contributed by atoms with Crippen LogP contribution in [-0.4, -0.2) is 36.0 Å². The molecule has 0 unspecified atom stereocenters. The number of para-hydroxylation sites is 1. The van der Waals surface area contributed by atoms with Crippen LogP contribution < -0.4 is 5.32 Å². The number of carbonyl (C=O) groups is 3. The van der Waals surface area contributed by atoms with Crippen LogP contribution in [0.3, 0.4) is 0 Å². The van der Waals surface area contributed by atoms with Crippen molar-refractivity contribution in [3.05, 3.63) is 96.1 Å². The number of hydrogen-bond donors (Lipinski definition) is 1. The molecular weight excluding hydrogens is 456 g/mol. The minimum atomic E-state index is -0.621. The Morgan fingerprint density at radius 1 is 0.833 bits per heavy atom. The van der Waals surface area contributed by atoms with Gasteiger partial charge >= 0.3 is 11.9 Å². The van der Waals surface area contributed by atoms with E-state index >= 15 is 0 Å². The van der Waals surface area contributed by atoms with E-state index in [9.17, 15) is 14.4 Å². The largest absolute Gasteiger partial charge is 0.462 e. The molecule has 3 aromatic carbocycles. The molecule has 0 atom stereocenters. The van der Waals surface area contributed by atoms with Gasteiger partial charge < -0.3 is 14.8 Å². The zero-order valence-electron chi connectivity index (χ0n) is 20.1. The van der Waals surface area contributed by atoms with Crippen LogP contribution in [0.15, 0.2) is 84.9 Å². The summed E-state index contributed by atoms with van der Waals surface area (Å²) in [6.07, 6.45) is 0. The minimum absolute atomic E-state index is 0.241. The molecule has 36 heavy (non-hydrogen) atoms. The van der Waals surface area contributed by atoms with E-state index in [1.165, 1.54) is 0 Å². The molecule has 0 fully saturated rings. The minimum Gasteiger partial charge on any atom is -0.462 e. The van der Waals surface area contributed by atoms with Gasteiger partial charge in [0.2, 0.25) is 0 Å². The monoisotopic (exact) mass is 482 g/mol. The van der Waals surface area contributed by atoms with Gasteiger partial charge in [0, 0.05) is 16.6 Å². The van der Waals surface area contributed by atoms with Crippen LogP contribution in [0, 0.1) is 5.92 Å². The van der Waals surface area contributed by atoms with Gasteiger partial charge in [0.05, 0.1) is 28.9 Å². The summed E-state index contributed by atoms with van der Waals surface area (Å²) in [7, 11) is 0. The Bertz CT molecular complexity index is 1380. The first-order chi connectivity index (χ1) is 17.4. The Labute approximate surface area is 209 Å². The standard InChI is InChI=1S/C29H26N2O5/c1-19(2)17-35-28(33)21-12-14-22(15-13-21)30-27(32)18-36-29(34)24-16-26(20-8-4-3-5-9-20)31-25-11-7-6-10-23(24)25/h3-16,19H,17-18H2,1-2H3,(H,30,32). The average molecular weight is 483 g/mol. The third-order valence-electron chi connectivity index (χ3n) is 5.29. The molecule has 1 aromatic heterocycles. The molecule has 0 radical (unpaired) electrons. The Morgan fingerprint density at radius 3 is 2.25 bits per heavy atom. The number of aromatic nitrogens is 1. The van der Waals surface area contributed by atoms with Gasteiger partial charge in [-0.3, -0.25) is 4.79 Å². The highest BCUT2D eigenvalue weighted by Crippen LogP contribution is 2.25. The lowest BCUT2D eigenvalue weighted by Gasteiger charge is -2.11. The van der Waals surface area contributed by atoms with E-state index < -0.39 is 24.5 Å². The molecule has 0 bridgehead atoms. The normalized spacial score (nSPS) is 10.8. The smallest absolute Gasteiger partial charge is 0.339 e. The third kappa shape index (κ3) is 6.13. The summed E-state index contributed by atoms with van der Waals surface area (Å²) in [5.41, 5.74) is 3.35. The van der Waals surface area contributed by atoms with Crippen LogP contribution in [0.1, 0.15) is 34.6 Å². The number of fused-ring (bicyclic) bond motifs is 1. The summed E-state index contributed by atoms with van der Waals surface area (Å²) in [5.74, 6) is -1.30. The van der Waals surface area contributed by atoms with Crippen molar-refractivity contribution in [1.82, 2.24) is 4.98 Å². The van der Waals surface area contributed by atoms with E-state index in [0.717, 1.165) is 5.56 Å². The van der Waals surface area contributed by atoms with Gasteiger partial charge in [0.25, 0.3) is 5.91 Å². The lowest BCUT2D eigenvalue weighted by molar-refractivity contribution is -0.119. The van der Waals surface area contributed by atoms with Gasteiger partial charge in [-0.05, 0) is 42.3 Å². The Kier molecular flexibility index (Phi) is 7.70. The van der Waals surface area contributed by atoms with Gasteiger partial charge in [-0.25, -0.2) is 14.6 Å². The first-order valence-electron chi connectivity index (χ1n) is 11.6. The summed E-state index contributed by atoms with van der Waals surface area (Å²) in [4.78, 5) is 42.0. The van der Waals surface area contributed by atoms with Crippen molar-refractivity contribution in [1.29, 1.82) is 0 Å². The Morgan fingerprint density at radius 2 is 1.53 bits per heavy atom. The topological polar surface area (TPSA) is 94.6 Å². The summed E-state index contributed by atoms with van der Waals surface area (Å²) >= 11 is 0. The number of nitrogens with zero attached hydrogens (tertiary/aromatic N) is 1. The SMILES string of the molecule is CC(C)COC(=O)c1ccc(NC(=O)COC(=O)c2cc(-c3ccccc3)nc3ccccc23)cc1. The lowest BCUT2D eigenvalue weighted by atomic mass is 10.0. The van der Waals surface area contributed by atoms with E-state index in [1.807, 2.05) is 62.4 Å². The van der Waals surface area contributed by atoms with E-state index in [2.05, 4.69) is 10.3 Å². The van der Waals surface area contributed by atoms with Gasteiger partial charge in [-0.1, -0.05) is 62.4 Å². The predicted molar refractivity (Wildman–Crippen MR) is 138 cm³/mol. The highest BCUT2D eigenvalue weighted by Gasteiger charge is 2.17. The number of amides is 1. The maximum Gasteiger partial charge on any atom is 0.339 e. The number of ether oxygens (including phenoxy) is 2. The molecule has 4 aromatic rings.